The van der Waals surface area contributed by atoms with Gasteiger partial charge in [0.25, 0.3) is 0 Å². The highest BCUT2D eigenvalue weighted by Gasteiger charge is 2.17. The van der Waals surface area contributed by atoms with Crippen molar-refractivity contribution < 1.29 is 4.79 Å². The first-order valence-corrected chi connectivity index (χ1v) is 9.90. The first kappa shape index (κ1) is 18.4. The summed E-state index contributed by atoms with van der Waals surface area (Å²) in [4.78, 5) is 12.4. The lowest BCUT2D eigenvalue weighted by atomic mass is 10.2. The van der Waals surface area contributed by atoms with E-state index in [2.05, 4.69) is 20.8 Å². The molecule has 3 rings (SSSR count). The van der Waals surface area contributed by atoms with Crippen LogP contribution in [0, 0.1) is 13.8 Å². The zero-order chi connectivity index (χ0) is 18.5. The predicted octanol–water partition coefficient (Wildman–Crippen LogP) is 5.02. The van der Waals surface area contributed by atoms with Crippen molar-refractivity contribution in [2.24, 2.45) is 0 Å². The molecule has 5 nitrogen and oxygen atoms in total. The Bertz CT molecular complexity index is 893. The third kappa shape index (κ3) is 5.06. The number of hydrogen-bond donors (Lipinski definition) is 2. The standard InChI is InChI=1S/C19H20N4OS2/c1-12-7-9-15(10-8-12)21-18-22-23-19(26-18)25-14(3)17(24)20-16-6-4-5-13(2)11-16/h4-11,14H,1-3H3,(H,20,24)(H,21,22)/t14-/m1/s1. The van der Waals surface area contributed by atoms with E-state index in [4.69, 9.17) is 0 Å². The molecule has 0 spiro atoms. The number of aromatic nitrogens is 2. The molecule has 0 aliphatic heterocycles. The van der Waals surface area contributed by atoms with Crippen LogP contribution in [-0.2, 0) is 4.79 Å². The molecule has 1 heterocycles. The molecule has 3 aromatic rings. The van der Waals surface area contributed by atoms with Crippen molar-refractivity contribution in [3.05, 3.63) is 59.7 Å². The minimum Gasteiger partial charge on any atom is -0.330 e. The second kappa shape index (κ2) is 8.33. The van der Waals surface area contributed by atoms with Gasteiger partial charge in [0.1, 0.15) is 0 Å². The fourth-order valence-electron chi connectivity index (χ4n) is 2.24. The second-order valence-corrected chi connectivity index (χ2v) is 8.55. The maximum atomic E-state index is 12.4. The summed E-state index contributed by atoms with van der Waals surface area (Å²) in [6, 6.07) is 15.8. The SMILES string of the molecule is Cc1ccc(Nc2nnc(S[C@H](C)C(=O)Nc3cccc(C)c3)s2)cc1. The summed E-state index contributed by atoms with van der Waals surface area (Å²) in [6.45, 7) is 5.91. The van der Waals surface area contributed by atoms with Crippen LogP contribution in [0.2, 0.25) is 0 Å². The smallest absolute Gasteiger partial charge is 0.237 e. The summed E-state index contributed by atoms with van der Waals surface area (Å²) in [7, 11) is 0. The molecule has 0 saturated heterocycles. The molecular formula is C19H20N4OS2. The van der Waals surface area contributed by atoms with Gasteiger partial charge in [-0.1, -0.05) is 52.9 Å². The summed E-state index contributed by atoms with van der Waals surface area (Å²) in [5.41, 5.74) is 4.09. The van der Waals surface area contributed by atoms with Crippen molar-refractivity contribution in [2.45, 2.75) is 30.4 Å². The Kier molecular flexibility index (Phi) is 5.90. The molecule has 2 N–H and O–H groups in total. The number of thioether (sulfide) groups is 1. The summed E-state index contributed by atoms with van der Waals surface area (Å²) in [5.74, 6) is -0.0520. The van der Waals surface area contributed by atoms with E-state index in [-0.39, 0.29) is 11.2 Å². The summed E-state index contributed by atoms with van der Waals surface area (Å²) < 4.78 is 0.756. The Morgan fingerprint density at radius 1 is 1.04 bits per heavy atom. The number of carbonyl (C=O) groups is 1. The molecule has 1 amide bonds. The van der Waals surface area contributed by atoms with Crippen LogP contribution in [0.1, 0.15) is 18.1 Å². The Labute approximate surface area is 161 Å². The first-order valence-electron chi connectivity index (χ1n) is 8.21. The minimum atomic E-state index is -0.268. The van der Waals surface area contributed by atoms with Gasteiger partial charge in [-0.25, -0.2) is 0 Å². The summed E-state index contributed by atoms with van der Waals surface area (Å²) >= 11 is 2.84. The van der Waals surface area contributed by atoms with Gasteiger partial charge in [-0.3, -0.25) is 4.79 Å². The normalized spacial score (nSPS) is 11.8. The van der Waals surface area contributed by atoms with E-state index in [1.807, 2.05) is 69.3 Å². The lowest BCUT2D eigenvalue weighted by molar-refractivity contribution is -0.115. The largest absolute Gasteiger partial charge is 0.330 e. The molecule has 26 heavy (non-hydrogen) atoms. The topological polar surface area (TPSA) is 66.9 Å². The highest BCUT2D eigenvalue weighted by Crippen LogP contribution is 2.31. The Hall–Kier alpha value is -2.38. The van der Waals surface area contributed by atoms with E-state index in [0.717, 1.165) is 21.3 Å². The van der Waals surface area contributed by atoms with Crippen LogP contribution < -0.4 is 10.6 Å². The number of rotatable bonds is 6. The number of amides is 1. The van der Waals surface area contributed by atoms with Crippen molar-refractivity contribution in [1.82, 2.24) is 10.2 Å². The van der Waals surface area contributed by atoms with E-state index >= 15 is 0 Å². The first-order chi connectivity index (χ1) is 12.5. The summed E-state index contributed by atoms with van der Waals surface area (Å²) in [6.07, 6.45) is 0. The van der Waals surface area contributed by atoms with Crippen LogP contribution >= 0.6 is 23.1 Å². The zero-order valence-corrected chi connectivity index (χ0v) is 16.4. The number of nitrogens with one attached hydrogen (secondary N) is 2. The van der Waals surface area contributed by atoms with Crippen molar-refractivity contribution in [3.63, 3.8) is 0 Å². The molecule has 7 heteroatoms. The Morgan fingerprint density at radius 3 is 2.54 bits per heavy atom. The van der Waals surface area contributed by atoms with Gasteiger partial charge in [0.2, 0.25) is 11.0 Å². The monoisotopic (exact) mass is 384 g/mol. The zero-order valence-electron chi connectivity index (χ0n) is 14.8. The van der Waals surface area contributed by atoms with Crippen molar-refractivity contribution in [3.8, 4) is 0 Å². The third-order valence-electron chi connectivity index (χ3n) is 3.64. The van der Waals surface area contributed by atoms with Gasteiger partial charge in [-0.05, 0) is 50.6 Å². The number of carbonyl (C=O) groups excluding carboxylic acids is 1. The molecule has 0 aliphatic rings. The molecular weight excluding hydrogens is 364 g/mol. The quantitative estimate of drug-likeness (QED) is 0.584. The Morgan fingerprint density at radius 2 is 1.81 bits per heavy atom. The Balaban J connectivity index is 1.57. The van der Waals surface area contributed by atoms with Gasteiger partial charge in [0.05, 0.1) is 5.25 Å². The van der Waals surface area contributed by atoms with Crippen LogP contribution in [0.25, 0.3) is 0 Å². The van der Waals surface area contributed by atoms with Crippen LogP contribution in [0.5, 0.6) is 0 Å². The van der Waals surface area contributed by atoms with Crippen LogP contribution in [0.4, 0.5) is 16.5 Å². The average Bonchev–Trinajstić information content (AvgIpc) is 3.04. The molecule has 134 valence electrons. The molecule has 0 fully saturated rings. The van der Waals surface area contributed by atoms with Crippen molar-refractivity contribution >= 4 is 45.5 Å². The average molecular weight is 385 g/mol. The molecule has 0 unspecified atom stereocenters. The molecule has 2 aromatic carbocycles. The van der Waals surface area contributed by atoms with Gasteiger partial charge < -0.3 is 10.6 Å². The number of benzene rings is 2. The van der Waals surface area contributed by atoms with E-state index in [0.29, 0.717) is 5.13 Å². The lowest BCUT2D eigenvalue weighted by Gasteiger charge is -2.10. The molecule has 0 bridgehead atoms. The van der Waals surface area contributed by atoms with E-state index in [1.165, 1.54) is 28.7 Å². The number of nitrogens with zero attached hydrogens (tertiary/aromatic N) is 2. The highest BCUT2D eigenvalue weighted by molar-refractivity contribution is 8.02. The van der Waals surface area contributed by atoms with Crippen LogP contribution in [0.15, 0.2) is 52.9 Å². The van der Waals surface area contributed by atoms with Gasteiger partial charge in [0.15, 0.2) is 4.34 Å². The number of aryl methyl sites for hydroxylation is 2. The van der Waals surface area contributed by atoms with Gasteiger partial charge >= 0.3 is 0 Å². The van der Waals surface area contributed by atoms with Crippen LogP contribution in [-0.4, -0.2) is 21.4 Å². The van der Waals surface area contributed by atoms with E-state index in [9.17, 15) is 4.79 Å². The van der Waals surface area contributed by atoms with Crippen LogP contribution in [0.3, 0.4) is 0 Å². The van der Waals surface area contributed by atoms with Crippen molar-refractivity contribution in [2.75, 3.05) is 10.6 Å². The fraction of sp³-hybridized carbons (Fsp3) is 0.211. The van der Waals surface area contributed by atoms with Gasteiger partial charge in [0, 0.05) is 11.4 Å². The summed E-state index contributed by atoms with van der Waals surface area (Å²) in [5, 5.41) is 14.9. The number of hydrogen-bond acceptors (Lipinski definition) is 6. The second-order valence-electron chi connectivity index (χ2n) is 5.98. The molecule has 0 radical (unpaired) electrons. The maximum absolute atomic E-state index is 12.4. The van der Waals surface area contributed by atoms with E-state index < -0.39 is 0 Å². The molecule has 1 atom stereocenters. The van der Waals surface area contributed by atoms with E-state index in [1.54, 1.807) is 0 Å². The predicted molar refractivity (Wildman–Crippen MR) is 109 cm³/mol. The molecule has 0 aliphatic carbocycles. The van der Waals surface area contributed by atoms with Gasteiger partial charge in [-0.2, -0.15) is 0 Å². The highest BCUT2D eigenvalue weighted by atomic mass is 32.2. The molecule has 0 saturated carbocycles. The molecule has 1 aromatic heterocycles. The maximum Gasteiger partial charge on any atom is 0.237 e. The number of anilines is 3. The lowest BCUT2D eigenvalue weighted by Crippen LogP contribution is -2.22. The third-order valence-corrected chi connectivity index (χ3v) is 5.66. The minimum absolute atomic E-state index is 0.0520. The fourth-order valence-corrected chi connectivity index (χ4v) is 4.16. The van der Waals surface area contributed by atoms with Crippen molar-refractivity contribution in [1.29, 1.82) is 0 Å². The van der Waals surface area contributed by atoms with Gasteiger partial charge in [-0.15, -0.1) is 10.2 Å².